The van der Waals surface area contributed by atoms with Crippen LogP contribution in [0.1, 0.15) is 42.1 Å². The van der Waals surface area contributed by atoms with Gasteiger partial charge in [-0.05, 0) is 54.3 Å². The van der Waals surface area contributed by atoms with Crippen LogP contribution < -0.4 is 5.32 Å². The first-order valence-corrected chi connectivity index (χ1v) is 12.8. The number of benzene rings is 3. The van der Waals surface area contributed by atoms with Gasteiger partial charge >= 0.3 is 0 Å². The lowest BCUT2D eigenvalue weighted by Crippen LogP contribution is -2.42. The molecule has 7 heteroatoms. The van der Waals surface area contributed by atoms with E-state index in [1.165, 1.54) is 4.31 Å². The first-order chi connectivity index (χ1) is 15.4. The SMILES string of the molecule is C[C@H](NC(=O)C[C@H]1c2ccccc2CCN1S(=O)(=O)c1ccc(Br)cc1)c1ccccc1. The third-order valence-electron chi connectivity index (χ3n) is 5.84. The quantitative estimate of drug-likeness (QED) is 0.504. The molecule has 3 aromatic carbocycles. The molecule has 0 spiro atoms. The Morgan fingerprint density at radius 3 is 2.41 bits per heavy atom. The fourth-order valence-corrected chi connectivity index (χ4v) is 6.04. The lowest BCUT2D eigenvalue weighted by atomic mass is 9.92. The number of hydrogen-bond acceptors (Lipinski definition) is 3. The number of fused-ring (bicyclic) bond motifs is 1. The summed E-state index contributed by atoms with van der Waals surface area (Å²) in [6.07, 6.45) is 0.675. The Morgan fingerprint density at radius 1 is 1.03 bits per heavy atom. The average molecular weight is 513 g/mol. The Kier molecular flexibility index (Phi) is 6.79. The van der Waals surface area contributed by atoms with Gasteiger partial charge in [0.2, 0.25) is 15.9 Å². The van der Waals surface area contributed by atoms with Crippen molar-refractivity contribution >= 4 is 31.9 Å². The zero-order chi connectivity index (χ0) is 22.7. The number of nitrogens with one attached hydrogen (secondary N) is 1. The van der Waals surface area contributed by atoms with Gasteiger partial charge in [0, 0.05) is 17.4 Å². The molecular weight excluding hydrogens is 488 g/mol. The molecule has 1 aliphatic heterocycles. The first-order valence-electron chi connectivity index (χ1n) is 10.6. The van der Waals surface area contributed by atoms with Crippen molar-refractivity contribution in [1.29, 1.82) is 0 Å². The van der Waals surface area contributed by atoms with E-state index >= 15 is 0 Å². The highest BCUT2D eigenvalue weighted by atomic mass is 79.9. The van der Waals surface area contributed by atoms with Gasteiger partial charge in [0.15, 0.2) is 0 Å². The monoisotopic (exact) mass is 512 g/mol. The number of nitrogens with zero attached hydrogens (tertiary/aromatic N) is 1. The summed E-state index contributed by atoms with van der Waals surface area (Å²) in [6.45, 7) is 2.26. The topological polar surface area (TPSA) is 66.5 Å². The number of hydrogen-bond donors (Lipinski definition) is 1. The highest BCUT2D eigenvalue weighted by Gasteiger charge is 2.37. The Labute approximate surface area is 197 Å². The molecule has 0 bridgehead atoms. The smallest absolute Gasteiger partial charge is 0.243 e. The summed E-state index contributed by atoms with van der Waals surface area (Å²) < 4.78 is 29.3. The van der Waals surface area contributed by atoms with Crippen LogP contribution in [0.15, 0.2) is 88.2 Å². The minimum absolute atomic E-state index is 0.0595. The van der Waals surface area contributed by atoms with E-state index in [9.17, 15) is 13.2 Å². The van der Waals surface area contributed by atoms with E-state index in [4.69, 9.17) is 0 Å². The van der Waals surface area contributed by atoms with E-state index in [1.54, 1.807) is 24.3 Å². The summed E-state index contributed by atoms with van der Waals surface area (Å²) >= 11 is 3.35. The van der Waals surface area contributed by atoms with Crippen LogP contribution in [0.2, 0.25) is 0 Å². The van der Waals surface area contributed by atoms with Crippen molar-refractivity contribution in [2.75, 3.05) is 6.54 Å². The maximum absolute atomic E-state index is 13.5. The van der Waals surface area contributed by atoms with Crippen molar-refractivity contribution in [3.05, 3.63) is 100 Å². The highest BCUT2D eigenvalue weighted by Crippen LogP contribution is 2.36. The molecule has 1 heterocycles. The highest BCUT2D eigenvalue weighted by molar-refractivity contribution is 9.10. The number of sulfonamides is 1. The van der Waals surface area contributed by atoms with Crippen LogP contribution in [-0.2, 0) is 21.2 Å². The summed E-state index contributed by atoms with van der Waals surface area (Å²) in [5, 5.41) is 3.03. The second kappa shape index (κ2) is 9.57. The van der Waals surface area contributed by atoms with Crippen LogP contribution in [0, 0.1) is 0 Å². The van der Waals surface area contributed by atoms with Crippen LogP contribution in [0.5, 0.6) is 0 Å². The number of halogens is 1. The number of carbonyl (C=O) groups excluding carboxylic acids is 1. The lowest BCUT2D eigenvalue weighted by Gasteiger charge is -2.36. The summed E-state index contributed by atoms with van der Waals surface area (Å²) in [4.78, 5) is 13.2. The van der Waals surface area contributed by atoms with Crippen molar-refractivity contribution in [1.82, 2.24) is 9.62 Å². The molecule has 32 heavy (non-hydrogen) atoms. The Morgan fingerprint density at radius 2 is 1.69 bits per heavy atom. The van der Waals surface area contributed by atoms with Gasteiger partial charge in [-0.3, -0.25) is 4.79 Å². The normalized spacial score (nSPS) is 17.4. The number of amides is 1. The summed E-state index contributed by atoms with van der Waals surface area (Å²) in [5.74, 6) is -0.181. The lowest BCUT2D eigenvalue weighted by molar-refractivity contribution is -0.122. The molecule has 0 unspecified atom stereocenters. The van der Waals surface area contributed by atoms with E-state index in [0.717, 1.165) is 21.2 Å². The van der Waals surface area contributed by atoms with Gasteiger partial charge in [-0.25, -0.2) is 8.42 Å². The molecule has 0 saturated heterocycles. The van der Waals surface area contributed by atoms with Crippen LogP contribution in [-0.4, -0.2) is 25.2 Å². The second-order valence-electron chi connectivity index (χ2n) is 7.94. The molecule has 2 atom stereocenters. The molecule has 1 N–H and O–H groups in total. The maximum atomic E-state index is 13.5. The third-order valence-corrected chi connectivity index (χ3v) is 8.29. The molecule has 3 aromatic rings. The van der Waals surface area contributed by atoms with Crippen molar-refractivity contribution in [2.24, 2.45) is 0 Å². The molecule has 1 aliphatic rings. The van der Waals surface area contributed by atoms with E-state index in [2.05, 4.69) is 21.2 Å². The molecule has 166 valence electrons. The second-order valence-corrected chi connectivity index (χ2v) is 10.7. The van der Waals surface area contributed by atoms with Crippen LogP contribution >= 0.6 is 15.9 Å². The molecule has 0 saturated carbocycles. The summed E-state index contributed by atoms with van der Waals surface area (Å²) in [7, 11) is -3.76. The summed E-state index contributed by atoms with van der Waals surface area (Å²) in [6, 6.07) is 23.4. The fraction of sp³-hybridized carbons (Fsp3) is 0.240. The van der Waals surface area contributed by atoms with E-state index in [1.807, 2.05) is 61.5 Å². The predicted octanol–water partition coefficient (Wildman–Crippen LogP) is 5.00. The van der Waals surface area contributed by atoms with Crippen molar-refractivity contribution in [3.8, 4) is 0 Å². The van der Waals surface area contributed by atoms with Gasteiger partial charge < -0.3 is 5.32 Å². The van der Waals surface area contributed by atoms with E-state index < -0.39 is 16.1 Å². The molecule has 0 aromatic heterocycles. The van der Waals surface area contributed by atoms with E-state index in [0.29, 0.717) is 13.0 Å². The van der Waals surface area contributed by atoms with E-state index in [-0.39, 0.29) is 23.3 Å². The Hall–Kier alpha value is -2.48. The molecular formula is C25H25BrN2O3S. The van der Waals surface area contributed by atoms with Crippen molar-refractivity contribution < 1.29 is 13.2 Å². The van der Waals surface area contributed by atoms with Gasteiger partial charge in [-0.2, -0.15) is 4.31 Å². The standard InChI is InChI=1S/C25H25BrN2O3S/c1-18(19-7-3-2-4-8-19)27-25(29)17-24-23-10-6-5-9-20(23)15-16-28(24)32(30,31)22-13-11-21(26)12-14-22/h2-14,18,24H,15-17H2,1H3,(H,27,29)/t18-,24-/m0/s1. The third kappa shape index (κ3) is 4.80. The van der Waals surface area contributed by atoms with Gasteiger partial charge in [0.05, 0.1) is 17.0 Å². The largest absolute Gasteiger partial charge is 0.350 e. The van der Waals surface area contributed by atoms with Crippen molar-refractivity contribution in [3.63, 3.8) is 0 Å². The molecule has 1 amide bonds. The van der Waals surface area contributed by atoms with Crippen LogP contribution in [0.4, 0.5) is 0 Å². The first kappa shape index (κ1) is 22.7. The molecule has 4 rings (SSSR count). The Bertz CT molecular complexity index is 1200. The van der Waals surface area contributed by atoms with Gasteiger partial charge in [0.1, 0.15) is 0 Å². The van der Waals surface area contributed by atoms with Crippen LogP contribution in [0.25, 0.3) is 0 Å². The molecule has 0 radical (unpaired) electrons. The average Bonchev–Trinajstić information content (AvgIpc) is 2.80. The summed E-state index contributed by atoms with van der Waals surface area (Å²) in [5.41, 5.74) is 2.98. The van der Waals surface area contributed by atoms with Gasteiger partial charge in [0.25, 0.3) is 0 Å². The predicted molar refractivity (Wildman–Crippen MR) is 129 cm³/mol. The minimum atomic E-state index is -3.76. The van der Waals surface area contributed by atoms with Gasteiger partial charge in [-0.15, -0.1) is 0 Å². The zero-order valence-electron chi connectivity index (χ0n) is 17.7. The van der Waals surface area contributed by atoms with Crippen molar-refractivity contribution in [2.45, 2.75) is 36.7 Å². The number of carbonyl (C=O) groups is 1. The minimum Gasteiger partial charge on any atom is -0.350 e. The van der Waals surface area contributed by atoms with Crippen LogP contribution in [0.3, 0.4) is 0 Å². The molecule has 5 nitrogen and oxygen atoms in total. The maximum Gasteiger partial charge on any atom is 0.243 e. The van der Waals surface area contributed by atoms with Gasteiger partial charge in [-0.1, -0.05) is 70.5 Å². The number of rotatable bonds is 6. The molecule has 0 fully saturated rings. The fourth-order valence-electron chi connectivity index (χ4n) is 4.17. The molecule has 0 aliphatic carbocycles. The Balaban J connectivity index is 1.62. The zero-order valence-corrected chi connectivity index (χ0v) is 20.1.